The van der Waals surface area contributed by atoms with Crippen LogP contribution in [0.5, 0.6) is 0 Å². The van der Waals surface area contributed by atoms with Crippen LogP contribution in [0.2, 0.25) is 0 Å². The summed E-state index contributed by atoms with van der Waals surface area (Å²) in [5.74, 6) is 0. The molecule has 4 heteroatoms. The number of aliphatic hydroxyl groups excluding tert-OH is 1. The van der Waals surface area contributed by atoms with Gasteiger partial charge in [0.2, 0.25) is 0 Å². The van der Waals surface area contributed by atoms with Crippen molar-refractivity contribution in [3.8, 4) is 0 Å². The van der Waals surface area contributed by atoms with Gasteiger partial charge in [0.25, 0.3) is 0 Å². The van der Waals surface area contributed by atoms with Gasteiger partial charge in [-0.05, 0) is 67.5 Å². The molecular formula is C24H26O2S2. The molecule has 0 saturated carbocycles. The van der Waals surface area contributed by atoms with Crippen LogP contribution in [0.15, 0.2) is 76.5 Å². The van der Waals surface area contributed by atoms with E-state index in [9.17, 15) is 9.32 Å². The number of hydrogen-bond donors (Lipinski definition) is 1. The minimum absolute atomic E-state index is 0.203. The quantitative estimate of drug-likeness (QED) is 0.548. The molecule has 1 N–H and O–H groups in total. The highest BCUT2D eigenvalue weighted by Crippen LogP contribution is 2.43. The van der Waals surface area contributed by atoms with Crippen molar-refractivity contribution in [1.82, 2.24) is 0 Å². The molecule has 0 saturated heterocycles. The lowest BCUT2D eigenvalue weighted by molar-refractivity contribution is 0.173. The van der Waals surface area contributed by atoms with Crippen molar-refractivity contribution in [3.05, 3.63) is 94.5 Å². The Hall–Kier alpha value is -1.88. The molecule has 2 nitrogen and oxygen atoms in total. The number of aryl methyl sites for hydroxylation is 3. The maximum Gasteiger partial charge on any atom is 0.0954 e. The summed E-state index contributed by atoms with van der Waals surface area (Å²) in [5, 5.41) is 11.1. The molecule has 0 amide bonds. The largest absolute Gasteiger partial charge is 0.387 e. The zero-order valence-electron chi connectivity index (χ0n) is 16.7. The van der Waals surface area contributed by atoms with Crippen LogP contribution in [0.4, 0.5) is 0 Å². The molecule has 3 aromatic carbocycles. The van der Waals surface area contributed by atoms with Crippen molar-refractivity contribution in [1.29, 1.82) is 0 Å². The van der Waals surface area contributed by atoms with Gasteiger partial charge in [0.1, 0.15) is 0 Å². The third-order valence-corrected chi connectivity index (χ3v) is 7.53. The predicted molar refractivity (Wildman–Crippen MR) is 119 cm³/mol. The Kier molecular flexibility index (Phi) is 6.76. The van der Waals surface area contributed by atoms with Crippen molar-refractivity contribution in [3.63, 3.8) is 0 Å². The van der Waals surface area contributed by atoms with E-state index in [4.69, 9.17) is 0 Å². The van der Waals surface area contributed by atoms with Gasteiger partial charge in [-0.2, -0.15) is 11.8 Å². The summed E-state index contributed by atoms with van der Waals surface area (Å²) in [7, 11) is -1.30. The Morgan fingerprint density at radius 1 is 0.857 bits per heavy atom. The van der Waals surface area contributed by atoms with Gasteiger partial charge in [0, 0.05) is 9.79 Å². The van der Waals surface area contributed by atoms with E-state index >= 15 is 0 Å². The summed E-state index contributed by atoms with van der Waals surface area (Å²) < 4.78 is 13.3. The maximum absolute atomic E-state index is 13.3. The van der Waals surface area contributed by atoms with Crippen LogP contribution in [-0.4, -0.2) is 15.6 Å². The number of rotatable bonds is 6. The molecular weight excluding hydrogens is 384 g/mol. The molecule has 0 aromatic heterocycles. The number of benzene rings is 3. The van der Waals surface area contributed by atoms with Crippen molar-refractivity contribution in [2.45, 2.75) is 41.9 Å². The van der Waals surface area contributed by atoms with E-state index in [0.29, 0.717) is 0 Å². The Morgan fingerprint density at radius 2 is 1.46 bits per heavy atom. The molecule has 0 aliphatic heterocycles. The second-order valence-electron chi connectivity index (χ2n) is 7.03. The third-order valence-electron chi connectivity index (χ3n) is 5.04. The first-order valence-electron chi connectivity index (χ1n) is 9.28. The highest BCUT2D eigenvalue weighted by atomic mass is 32.2. The van der Waals surface area contributed by atoms with Gasteiger partial charge in [-0.1, -0.05) is 54.1 Å². The third kappa shape index (κ3) is 4.24. The Labute approximate surface area is 174 Å². The minimum atomic E-state index is -1.30. The fourth-order valence-corrected chi connectivity index (χ4v) is 5.72. The zero-order valence-corrected chi connectivity index (χ0v) is 18.3. The number of hydrogen-bond acceptors (Lipinski definition) is 3. The average molecular weight is 411 g/mol. The second kappa shape index (κ2) is 9.08. The fourth-order valence-electron chi connectivity index (χ4n) is 3.54. The highest BCUT2D eigenvalue weighted by molar-refractivity contribution is 7.98. The SMILES string of the molecule is CS[C@H](c1ccccc1[S@@](=O)c1ccc(C)cc1)C(O)c1c(C)cccc1C. The van der Waals surface area contributed by atoms with Crippen LogP contribution in [0.1, 0.15) is 39.2 Å². The molecule has 3 atom stereocenters. The van der Waals surface area contributed by atoms with Crippen LogP contribution in [0, 0.1) is 20.8 Å². The first-order valence-corrected chi connectivity index (χ1v) is 11.7. The highest BCUT2D eigenvalue weighted by Gasteiger charge is 2.28. The lowest BCUT2D eigenvalue weighted by atomic mass is 9.93. The van der Waals surface area contributed by atoms with Gasteiger partial charge in [-0.25, -0.2) is 4.21 Å². The van der Waals surface area contributed by atoms with Crippen LogP contribution in [-0.2, 0) is 10.8 Å². The second-order valence-corrected chi connectivity index (χ2v) is 9.45. The topological polar surface area (TPSA) is 37.3 Å². The number of aliphatic hydroxyl groups is 1. The summed E-state index contributed by atoms with van der Waals surface area (Å²) >= 11 is 1.59. The molecule has 0 heterocycles. The van der Waals surface area contributed by atoms with Crippen molar-refractivity contribution >= 4 is 22.6 Å². The van der Waals surface area contributed by atoms with Gasteiger partial charge in [0.05, 0.1) is 22.2 Å². The van der Waals surface area contributed by atoms with E-state index < -0.39 is 16.9 Å². The maximum atomic E-state index is 13.3. The van der Waals surface area contributed by atoms with Gasteiger partial charge in [-0.15, -0.1) is 0 Å². The van der Waals surface area contributed by atoms with Gasteiger partial charge >= 0.3 is 0 Å². The Bertz CT molecular complexity index is 960. The Morgan fingerprint density at radius 3 is 2.07 bits per heavy atom. The van der Waals surface area contributed by atoms with Crippen LogP contribution < -0.4 is 0 Å². The van der Waals surface area contributed by atoms with Crippen molar-refractivity contribution < 1.29 is 9.32 Å². The molecule has 0 aliphatic rings. The standard InChI is InChI=1S/C24H26O2S2/c1-16-12-14-19(15-13-16)28(26)21-11-6-5-10-20(21)24(27-4)23(25)22-17(2)8-7-9-18(22)3/h5-15,23-25H,1-4H3/t23?,24-,28+/m1/s1. The molecule has 1 unspecified atom stereocenters. The van der Waals surface area contributed by atoms with E-state index in [0.717, 1.165) is 37.6 Å². The lowest BCUT2D eigenvalue weighted by Crippen LogP contribution is -2.13. The van der Waals surface area contributed by atoms with E-state index in [1.165, 1.54) is 0 Å². The van der Waals surface area contributed by atoms with E-state index in [-0.39, 0.29) is 5.25 Å². The first kappa shape index (κ1) is 20.8. The molecule has 3 rings (SSSR count). The summed E-state index contributed by atoms with van der Waals surface area (Å²) in [5.41, 5.74) is 5.16. The van der Waals surface area contributed by atoms with Crippen molar-refractivity contribution in [2.24, 2.45) is 0 Å². The van der Waals surface area contributed by atoms with Gasteiger partial charge < -0.3 is 5.11 Å². The van der Waals surface area contributed by atoms with Gasteiger partial charge in [-0.3, -0.25) is 0 Å². The van der Waals surface area contributed by atoms with E-state index in [1.54, 1.807) is 11.8 Å². The van der Waals surface area contributed by atoms with Crippen LogP contribution in [0.25, 0.3) is 0 Å². The molecule has 0 aliphatic carbocycles. The summed E-state index contributed by atoms with van der Waals surface area (Å²) in [6, 6.07) is 21.6. The molecule has 28 heavy (non-hydrogen) atoms. The first-order chi connectivity index (χ1) is 13.4. The summed E-state index contributed by atoms with van der Waals surface area (Å²) in [6.07, 6.45) is 1.32. The molecule has 0 fully saturated rings. The summed E-state index contributed by atoms with van der Waals surface area (Å²) in [4.78, 5) is 1.54. The molecule has 0 spiro atoms. The smallest absolute Gasteiger partial charge is 0.0954 e. The molecule has 0 radical (unpaired) electrons. The van der Waals surface area contributed by atoms with Gasteiger partial charge in [0.15, 0.2) is 0 Å². The van der Waals surface area contributed by atoms with E-state index in [2.05, 4.69) is 0 Å². The average Bonchev–Trinajstić information content (AvgIpc) is 2.69. The van der Waals surface area contributed by atoms with Crippen LogP contribution >= 0.6 is 11.8 Å². The monoisotopic (exact) mass is 410 g/mol. The Balaban J connectivity index is 2.05. The van der Waals surface area contributed by atoms with Crippen molar-refractivity contribution in [2.75, 3.05) is 6.26 Å². The normalized spacial score (nSPS) is 14.5. The zero-order chi connectivity index (χ0) is 20.3. The minimum Gasteiger partial charge on any atom is -0.387 e. The molecule has 3 aromatic rings. The molecule has 146 valence electrons. The summed E-state index contributed by atoms with van der Waals surface area (Å²) in [6.45, 7) is 6.07. The van der Waals surface area contributed by atoms with Crippen LogP contribution in [0.3, 0.4) is 0 Å². The predicted octanol–water partition coefficient (Wildman–Crippen LogP) is 5.92. The molecule has 0 bridgehead atoms. The fraction of sp³-hybridized carbons (Fsp3) is 0.250. The lowest BCUT2D eigenvalue weighted by Gasteiger charge is -2.26. The van der Waals surface area contributed by atoms with E-state index in [1.807, 2.05) is 93.8 Å². The number of thioether (sulfide) groups is 1.